The van der Waals surface area contributed by atoms with E-state index in [0.717, 1.165) is 12.5 Å². The summed E-state index contributed by atoms with van der Waals surface area (Å²) < 4.78 is 0. The van der Waals surface area contributed by atoms with Gasteiger partial charge >= 0.3 is 0 Å². The van der Waals surface area contributed by atoms with Crippen molar-refractivity contribution in [1.82, 2.24) is 15.5 Å². The molecule has 18 heavy (non-hydrogen) atoms. The normalized spacial score (nSPS) is 19.4. The van der Waals surface area contributed by atoms with E-state index < -0.39 is 0 Å². The Labute approximate surface area is 106 Å². The van der Waals surface area contributed by atoms with Gasteiger partial charge in [-0.25, -0.2) is 0 Å². The van der Waals surface area contributed by atoms with Crippen LogP contribution in [0, 0.1) is 5.92 Å². The van der Waals surface area contributed by atoms with Crippen molar-refractivity contribution in [2.75, 3.05) is 26.2 Å². The van der Waals surface area contributed by atoms with Crippen LogP contribution < -0.4 is 10.6 Å². The molecule has 0 spiro atoms. The molecule has 1 heterocycles. The van der Waals surface area contributed by atoms with Crippen LogP contribution in [-0.2, 0) is 14.4 Å². The summed E-state index contributed by atoms with van der Waals surface area (Å²) in [6, 6.07) is 0. The van der Waals surface area contributed by atoms with Crippen LogP contribution in [0.2, 0.25) is 0 Å². The minimum atomic E-state index is -0.138. The van der Waals surface area contributed by atoms with Gasteiger partial charge in [0, 0.05) is 25.9 Å². The Kier molecular flexibility index (Phi) is 4.30. The van der Waals surface area contributed by atoms with E-state index in [-0.39, 0.29) is 24.3 Å². The lowest BCUT2D eigenvalue weighted by Gasteiger charge is -2.14. The first-order chi connectivity index (χ1) is 8.66. The molecule has 0 aromatic heterocycles. The molecule has 1 saturated heterocycles. The number of nitrogens with one attached hydrogen (secondary N) is 2. The molecule has 0 radical (unpaired) electrons. The molecule has 1 aliphatic carbocycles. The molecule has 0 bridgehead atoms. The first-order valence-corrected chi connectivity index (χ1v) is 6.47. The van der Waals surface area contributed by atoms with Crippen LogP contribution in [0.3, 0.4) is 0 Å². The Morgan fingerprint density at radius 2 is 1.89 bits per heavy atom. The molecule has 0 aromatic rings. The van der Waals surface area contributed by atoms with Gasteiger partial charge in [-0.1, -0.05) is 0 Å². The third kappa shape index (κ3) is 3.80. The molecule has 6 nitrogen and oxygen atoms in total. The smallest absolute Gasteiger partial charge is 0.234 e. The van der Waals surface area contributed by atoms with Crippen LogP contribution in [0.5, 0.6) is 0 Å². The van der Waals surface area contributed by atoms with Crippen molar-refractivity contribution < 1.29 is 14.4 Å². The zero-order valence-electron chi connectivity index (χ0n) is 10.4. The first kappa shape index (κ1) is 13.0. The summed E-state index contributed by atoms with van der Waals surface area (Å²) in [7, 11) is 0. The summed E-state index contributed by atoms with van der Waals surface area (Å²) >= 11 is 0. The molecule has 2 rings (SSSR count). The average Bonchev–Trinajstić information content (AvgIpc) is 3.10. The third-order valence-corrected chi connectivity index (χ3v) is 3.23. The van der Waals surface area contributed by atoms with Gasteiger partial charge in [0.15, 0.2) is 0 Å². The van der Waals surface area contributed by atoms with Crippen molar-refractivity contribution in [1.29, 1.82) is 0 Å². The van der Waals surface area contributed by atoms with Crippen LogP contribution in [0.15, 0.2) is 0 Å². The molecule has 2 aliphatic rings. The zero-order valence-corrected chi connectivity index (χ0v) is 10.4. The van der Waals surface area contributed by atoms with Gasteiger partial charge in [-0.2, -0.15) is 0 Å². The Balaban J connectivity index is 1.54. The Bertz CT molecular complexity index is 336. The van der Waals surface area contributed by atoms with Gasteiger partial charge in [-0.15, -0.1) is 0 Å². The second-order valence-electron chi connectivity index (χ2n) is 4.86. The first-order valence-electron chi connectivity index (χ1n) is 6.47. The fraction of sp³-hybridized carbons (Fsp3) is 0.750. The second kappa shape index (κ2) is 5.95. The largest absolute Gasteiger partial charge is 0.353 e. The Morgan fingerprint density at radius 1 is 1.22 bits per heavy atom. The van der Waals surface area contributed by atoms with Gasteiger partial charge in [0.2, 0.25) is 17.7 Å². The SMILES string of the molecule is O=C(CNCC1CC1)NCCN1C(=O)CCC1=O. The van der Waals surface area contributed by atoms with Gasteiger partial charge in [0.05, 0.1) is 6.54 Å². The topological polar surface area (TPSA) is 78.5 Å². The minimum Gasteiger partial charge on any atom is -0.353 e. The van der Waals surface area contributed by atoms with Gasteiger partial charge in [0.25, 0.3) is 0 Å². The predicted molar refractivity (Wildman–Crippen MR) is 64.6 cm³/mol. The zero-order chi connectivity index (χ0) is 13.0. The van der Waals surface area contributed by atoms with Crippen molar-refractivity contribution in [2.24, 2.45) is 5.92 Å². The van der Waals surface area contributed by atoms with E-state index in [9.17, 15) is 14.4 Å². The molecule has 2 fully saturated rings. The summed E-state index contributed by atoms with van der Waals surface area (Å²) in [5.41, 5.74) is 0. The monoisotopic (exact) mass is 253 g/mol. The van der Waals surface area contributed by atoms with Crippen molar-refractivity contribution in [3.63, 3.8) is 0 Å². The molecule has 0 atom stereocenters. The highest BCUT2D eigenvalue weighted by molar-refractivity contribution is 6.01. The lowest BCUT2D eigenvalue weighted by Crippen LogP contribution is -2.40. The van der Waals surface area contributed by atoms with E-state index in [1.165, 1.54) is 17.7 Å². The Hall–Kier alpha value is -1.43. The van der Waals surface area contributed by atoms with Crippen molar-refractivity contribution in [2.45, 2.75) is 25.7 Å². The Morgan fingerprint density at radius 3 is 2.50 bits per heavy atom. The molecule has 1 aliphatic heterocycles. The number of likely N-dealkylation sites (tertiary alicyclic amines) is 1. The van der Waals surface area contributed by atoms with Crippen molar-refractivity contribution >= 4 is 17.7 Å². The van der Waals surface area contributed by atoms with Crippen molar-refractivity contribution in [3.8, 4) is 0 Å². The van der Waals surface area contributed by atoms with Gasteiger partial charge < -0.3 is 10.6 Å². The standard InChI is InChI=1S/C12H19N3O3/c16-10(8-13-7-9-1-2-9)14-5-6-15-11(17)3-4-12(15)18/h9,13H,1-8H2,(H,14,16). The number of nitrogens with zero attached hydrogens (tertiary/aromatic N) is 1. The van der Waals surface area contributed by atoms with E-state index in [1.54, 1.807) is 0 Å². The van der Waals surface area contributed by atoms with Gasteiger partial charge in [0.1, 0.15) is 0 Å². The number of carbonyl (C=O) groups excluding carboxylic acids is 3. The summed E-state index contributed by atoms with van der Waals surface area (Å²) in [4.78, 5) is 35.2. The van der Waals surface area contributed by atoms with Crippen LogP contribution >= 0.6 is 0 Å². The predicted octanol–water partition coefficient (Wildman–Crippen LogP) is -0.749. The quantitative estimate of drug-likeness (QED) is 0.585. The fourth-order valence-electron chi connectivity index (χ4n) is 1.95. The maximum atomic E-state index is 11.4. The van der Waals surface area contributed by atoms with E-state index in [0.29, 0.717) is 25.9 Å². The molecule has 0 unspecified atom stereocenters. The number of carbonyl (C=O) groups is 3. The number of hydrogen-bond acceptors (Lipinski definition) is 4. The highest BCUT2D eigenvalue weighted by Gasteiger charge is 2.28. The lowest BCUT2D eigenvalue weighted by molar-refractivity contribution is -0.138. The summed E-state index contributed by atoms with van der Waals surface area (Å²) in [5.74, 6) is 0.384. The number of hydrogen-bond donors (Lipinski definition) is 2. The summed E-state index contributed by atoms with van der Waals surface area (Å²) in [5, 5.41) is 5.78. The van der Waals surface area contributed by atoms with Crippen LogP contribution in [0.1, 0.15) is 25.7 Å². The van der Waals surface area contributed by atoms with Gasteiger partial charge in [-0.05, 0) is 25.3 Å². The molecule has 3 amide bonds. The lowest BCUT2D eigenvalue weighted by atomic mass is 10.4. The average molecular weight is 253 g/mol. The van der Waals surface area contributed by atoms with E-state index in [4.69, 9.17) is 0 Å². The second-order valence-corrected chi connectivity index (χ2v) is 4.86. The van der Waals surface area contributed by atoms with Crippen LogP contribution in [0.25, 0.3) is 0 Å². The molecule has 6 heteroatoms. The number of rotatable bonds is 7. The van der Waals surface area contributed by atoms with Crippen LogP contribution in [-0.4, -0.2) is 48.8 Å². The highest BCUT2D eigenvalue weighted by Crippen LogP contribution is 2.27. The van der Waals surface area contributed by atoms with E-state index >= 15 is 0 Å². The number of imide groups is 1. The maximum Gasteiger partial charge on any atom is 0.234 e. The van der Waals surface area contributed by atoms with Crippen LogP contribution in [0.4, 0.5) is 0 Å². The fourth-order valence-corrected chi connectivity index (χ4v) is 1.95. The molecule has 0 aromatic carbocycles. The molecule has 100 valence electrons. The molecule has 1 saturated carbocycles. The number of amides is 3. The maximum absolute atomic E-state index is 11.4. The van der Waals surface area contributed by atoms with Gasteiger partial charge in [-0.3, -0.25) is 19.3 Å². The summed E-state index contributed by atoms with van der Waals surface area (Å²) in [6.07, 6.45) is 3.12. The summed E-state index contributed by atoms with van der Waals surface area (Å²) in [6.45, 7) is 1.82. The minimum absolute atomic E-state index is 0.0882. The molecule has 2 N–H and O–H groups in total. The van der Waals surface area contributed by atoms with E-state index in [2.05, 4.69) is 10.6 Å². The molecular formula is C12H19N3O3. The van der Waals surface area contributed by atoms with Crippen molar-refractivity contribution in [3.05, 3.63) is 0 Å². The highest BCUT2D eigenvalue weighted by atomic mass is 16.2. The molecular weight excluding hydrogens is 234 g/mol. The third-order valence-electron chi connectivity index (χ3n) is 3.23. The van der Waals surface area contributed by atoms with E-state index in [1.807, 2.05) is 0 Å².